The van der Waals surface area contributed by atoms with Crippen LogP contribution >= 0.6 is 11.3 Å². The van der Waals surface area contributed by atoms with Crippen LogP contribution in [0, 0.1) is 0 Å². The van der Waals surface area contributed by atoms with Crippen LogP contribution < -0.4 is 0 Å². The molecule has 4 aromatic rings. The second kappa shape index (κ2) is 5.64. The maximum Gasteiger partial charge on any atom is 0.261 e. The maximum absolute atomic E-state index is 12.5. The van der Waals surface area contributed by atoms with E-state index in [1.165, 1.54) is 16.2 Å². The van der Waals surface area contributed by atoms with Crippen LogP contribution in [0.15, 0.2) is 64.4 Å². The summed E-state index contributed by atoms with van der Waals surface area (Å²) in [5.41, 5.74) is 2.41. The van der Waals surface area contributed by atoms with E-state index in [2.05, 4.69) is 4.98 Å². The highest BCUT2D eigenvalue weighted by Gasteiger charge is 2.35. The van der Waals surface area contributed by atoms with Gasteiger partial charge in [0.25, 0.3) is 11.8 Å². The number of imide groups is 1. The van der Waals surface area contributed by atoms with Crippen molar-refractivity contribution in [3.05, 3.63) is 76.1 Å². The number of carbonyl (C=O) groups excluding carboxylic acids is 2. The minimum Gasteiger partial charge on any atom is -0.454 e. The SMILES string of the molecule is O=C1c2ccccc2C(=O)N1Cc1nc(-c2cc3ccccc3o2)cs1. The standard InChI is InChI=1S/C20H12N2O3S/c23-19-13-6-2-3-7-14(13)20(24)22(19)10-18-21-15(11-26-18)17-9-12-5-1-4-8-16(12)25-17/h1-9,11H,10H2. The van der Waals surface area contributed by atoms with Gasteiger partial charge in [0.05, 0.1) is 17.7 Å². The van der Waals surface area contributed by atoms with E-state index in [0.29, 0.717) is 27.6 Å². The lowest BCUT2D eigenvalue weighted by molar-refractivity contribution is 0.0642. The summed E-state index contributed by atoms with van der Waals surface area (Å²) in [5.74, 6) is 0.133. The lowest BCUT2D eigenvalue weighted by atomic mass is 10.1. The molecule has 2 aromatic heterocycles. The molecule has 126 valence electrons. The lowest BCUT2D eigenvalue weighted by Gasteiger charge is -2.11. The van der Waals surface area contributed by atoms with Gasteiger partial charge in [-0.05, 0) is 24.3 Å². The van der Waals surface area contributed by atoms with Gasteiger partial charge in [0.1, 0.15) is 16.3 Å². The highest BCUT2D eigenvalue weighted by molar-refractivity contribution is 7.09. The van der Waals surface area contributed by atoms with Gasteiger partial charge in [-0.1, -0.05) is 30.3 Å². The lowest BCUT2D eigenvalue weighted by Crippen LogP contribution is -2.29. The first kappa shape index (κ1) is 15.0. The minimum absolute atomic E-state index is 0.164. The Labute approximate surface area is 152 Å². The van der Waals surface area contributed by atoms with E-state index < -0.39 is 0 Å². The predicted octanol–water partition coefficient (Wildman–Crippen LogP) is 4.35. The van der Waals surface area contributed by atoms with Crippen molar-refractivity contribution < 1.29 is 14.0 Å². The summed E-state index contributed by atoms with van der Waals surface area (Å²) in [5, 5.41) is 3.58. The normalized spacial score (nSPS) is 13.6. The Morgan fingerprint density at radius 3 is 2.38 bits per heavy atom. The van der Waals surface area contributed by atoms with Crippen LogP contribution in [-0.2, 0) is 6.54 Å². The number of carbonyl (C=O) groups is 2. The molecule has 0 aliphatic carbocycles. The molecule has 1 aliphatic heterocycles. The molecule has 0 fully saturated rings. The summed E-state index contributed by atoms with van der Waals surface area (Å²) < 4.78 is 5.83. The van der Waals surface area contributed by atoms with Crippen LogP contribution in [0.5, 0.6) is 0 Å². The maximum atomic E-state index is 12.5. The zero-order chi connectivity index (χ0) is 17.7. The molecule has 5 nitrogen and oxygen atoms in total. The number of amides is 2. The van der Waals surface area contributed by atoms with Crippen molar-refractivity contribution in [2.75, 3.05) is 0 Å². The Hall–Kier alpha value is -3.25. The molecule has 1 aliphatic rings. The Morgan fingerprint density at radius 2 is 1.65 bits per heavy atom. The zero-order valence-corrected chi connectivity index (χ0v) is 14.3. The zero-order valence-electron chi connectivity index (χ0n) is 13.5. The highest BCUT2D eigenvalue weighted by atomic mass is 32.1. The summed E-state index contributed by atoms with van der Waals surface area (Å²) in [6.07, 6.45) is 0. The number of rotatable bonds is 3. The number of furan rings is 1. The third-order valence-corrected chi connectivity index (χ3v) is 5.23. The van der Waals surface area contributed by atoms with Crippen molar-refractivity contribution in [1.29, 1.82) is 0 Å². The molecular formula is C20H12N2O3S. The molecule has 0 saturated carbocycles. The van der Waals surface area contributed by atoms with Crippen LogP contribution in [0.4, 0.5) is 0 Å². The van der Waals surface area contributed by atoms with Crippen molar-refractivity contribution >= 4 is 34.1 Å². The molecule has 0 saturated heterocycles. The molecule has 3 heterocycles. The second-order valence-corrected chi connectivity index (χ2v) is 6.96. The number of benzene rings is 2. The molecule has 2 amide bonds. The van der Waals surface area contributed by atoms with Gasteiger partial charge in [0, 0.05) is 10.8 Å². The van der Waals surface area contributed by atoms with Crippen LogP contribution in [0.3, 0.4) is 0 Å². The van der Waals surface area contributed by atoms with Gasteiger partial charge in [-0.3, -0.25) is 14.5 Å². The van der Waals surface area contributed by atoms with E-state index in [-0.39, 0.29) is 18.4 Å². The van der Waals surface area contributed by atoms with Gasteiger partial charge in [0.15, 0.2) is 5.76 Å². The number of hydrogen-bond donors (Lipinski definition) is 0. The van der Waals surface area contributed by atoms with E-state index in [4.69, 9.17) is 4.42 Å². The molecule has 2 aromatic carbocycles. The second-order valence-electron chi connectivity index (χ2n) is 6.02. The molecular weight excluding hydrogens is 348 g/mol. The molecule has 6 heteroatoms. The Balaban J connectivity index is 1.43. The highest BCUT2D eigenvalue weighted by Crippen LogP contribution is 2.30. The quantitative estimate of drug-likeness (QED) is 0.510. The van der Waals surface area contributed by atoms with E-state index in [0.717, 1.165) is 11.0 Å². The van der Waals surface area contributed by atoms with Crippen molar-refractivity contribution in [2.45, 2.75) is 6.54 Å². The third kappa shape index (κ3) is 2.27. The van der Waals surface area contributed by atoms with Crippen LogP contribution in [0.2, 0.25) is 0 Å². The number of para-hydroxylation sites is 1. The average molecular weight is 360 g/mol. The molecule has 5 rings (SSSR count). The fourth-order valence-corrected chi connectivity index (χ4v) is 3.89. The fraction of sp³-hybridized carbons (Fsp3) is 0.0500. The Morgan fingerprint density at radius 1 is 0.962 bits per heavy atom. The molecule has 0 bridgehead atoms. The van der Waals surface area contributed by atoms with Crippen LogP contribution in [0.25, 0.3) is 22.4 Å². The van der Waals surface area contributed by atoms with E-state index in [9.17, 15) is 9.59 Å². The topological polar surface area (TPSA) is 63.4 Å². The number of nitrogens with zero attached hydrogens (tertiary/aromatic N) is 2. The van der Waals surface area contributed by atoms with Gasteiger partial charge in [-0.15, -0.1) is 11.3 Å². The summed E-state index contributed by atoms with van der Waals surface area (Å²) in [4.78, 5) is 30.7. The van der Waals surface area contributed by atoms with Gasteiger partial charge < -0.3 is 4.42 Å². The van der Waals surface area contributed by atoms with E-state index in [1.54, 1.807) is 24.3 Å². The molecule has 0 radical (unpaired) electrons. The first-order chi connectivity index (χ1) is 12.7. The van der Waals surface area contributed by atoms with E-state index >= 15 is 0 Å². The number of aromatic nitrogens is 1. The van der Waals surface area contributed by atoms with Gasteiger partial charge in [-0.2, -0.15) is 0 Å². The van der Waals surface area contributed by atoms with Crippen molar-refractivity contribution in [2.24, 2.45) is 0 Å². The Bertz CT molecular complexity index is 1110. The summed E-state index contributed by atoms with van der Waals surface area (Å²) >= 11 is 1.41. The summed E-state index contributed by atoms with van der Waals surface area (Å²) in [6, 6.07) is 16.6. The smallest absolute Gasteiger partial charge is 0.261 e. The Kier molecular flexibility index (Phi) is 3.26. The molecule has 0 N–H and O–H groups in total. The first-order valence-electron chi connectivity index (χ1n) is 8.09. The van der Waals surface area contributed by atoms with Gasteiger partial charge in [0.2, 0.25) is 0 Å². The minimum atomic E-state index is -0.272. The number of thiazole rings is 1. The third-order valence-electron chi connectivity index (χ3n) is 4.40. The monoisotopic (exact) mass is 360 g/mol. The predicted molar refractivity (Wildman–Crippen MR) is 98.0 cm³/mol. The van der Waals surface area contributed by atoms with Crippen LogP contribution in [-0.4, -0.2) is 21.7 Å². The number of fused-ring (bicyclic) bond motifs is 2. The molecule has 0 unspecified atom stereocenters. The number of hydrogen-bond acceptors (Lipinski definition) is 5. The van der Waals surface area contributed by atoms with E-state index in [1.807, 2.05) is 35.7 Å². The summed E-state index contributed by atoms with van der Waals surface area (Å²) in [7, 11) is 0. The molecule has 0 atom stereocenters. The largest absolute Gasteiger partial charge is 0.454 e. The molecule has 0 spiro atoms. The van der Waals surface area contributed by atoms with Crippen molar-refractivity contribution in [3.8, 4) is 11.5 Å². The van der Waals surface area contributed by atoms with Gasteiger partial charge in [-0.25, -0.2) is 4.98 Å². The fourth-order valence-electron chi connectivity index (χ4n) is 3.12. The van der Waals surface area contributed by atoms with Gasteiger partial charge >= 0.3 is 0 Å². The summed E-state index contributed by atoms with van der Waals surface area (Å²) in [6.45, 7) is 0.164. The first-order valence-corrected chi connectivity index (χ1v) is 8.97. The van der Waals surface area contributed by atoms with Crippen molar-refractivity contribution in [3.63, 3.8) is 0 Å². The van der Waals surface area contributed by atoms with Crippen molar-refractivity contribution in [1.82, 2.24) is 9.88 Å². The molecule has 26 heavy (non-hydrogen) atoms. The average Bonchev–Trinajstić information content (AvgIpc) is 3.36. The van der Waals surface area contributed by atoms with Crippen LogP contribution in [0.1, 0.15) is 25.7 Å².